The normalized spacial score (nSPS) is 1.00. The Morgan fingerprint density at radius 3 is 1.25 bits per heavy atom. The molecule has 4 heavy (non-hydrogen) atoms. The second-order valence-corrected chi connectivity index (χ2v) is 0. The first-order valence-electron chi connectivity index (χ1n) is 0.154. The van der Waals surface area contributed by atoms with Gasteiger partial charge in [-0.15, -0.1) is 0 Å². The van der Waals surface area contributed by atoms with E-state index in [1.54, 1.807) is 15.9 Å². The predicted octanol–water partition coefficient (Wildman–Crippen LogP) is -1.04. The van der Waals surface area contributed by atoms with Crippen LogP contribution in [0.4, 0.5) is 0 Å². The zero-order valence-electron chi connectivity index (χ0n) is 1.05. The van der Waals surface area contributed by atoms with Crippen molar-refractivity contribution >= 4 is 45.5 Å². The predicted molar refractivity (Wildman–Crippen MR) is 9.23 cm³/mol. The summed E-state index contributed by atoms with van der Waals surface area (Å²) in [5, 5.41) is 0. The summed E-state index contributed by atoms with van der Waals surface area (Å²) < 4.78 is 8.06. The van der Waals surface area contributed by atoms with Crippen LogP contribution in [0.3, 0.4) is 0 Å². The minimum atomic E-state index is 0. The monoisotopic (exact) mass is 335 g/mol. The molecule has 0 aliphatic rings. The van der Waals surface area contributed by atoms with Crippen molar-refractivity contribution in [1.82, 2.24) is 0 Å². The average Bonchev–Trinajstić information content (AvgIpc) is 1.00. The van der Waals surface area contributed by atoms with E-state index < -0.39 is 0 Å². The molecule has 1 nitrogen and oxygen atoms in total. The van der Waals surface area contributed by atoms with Gasteiger partial charge in [-0.25, -0.2) is 0 Å². The Bertz CT molecular complexity index is 8.00. The van der Waals surface area contributed by atoms with Crippen LogP contribution in [0.2, 0.25) is 0 Å². The second kappa shape index (κ2) is 16.2. The molecule has 0 aromatic carbocycles. The maximum atomic E-state index is 8.06. The molecule has 0 atom stereocenters. The van der Waals surface area contributed by atoms with Crippen LogP contribution < -0.4 is 0 Å². The molecule has 0 aliphatic heterocycles. The third-order valence-corrected chi connectivity index (χ3v) is 0. The minimum absolute atomic E-state index is 0. The number of rotatable bonds is 0. The summed E-state index contributed by atoms with van der Waals surface area (Å²) in [6, 6.07) is 0. The van der Waals surface area contributed by atoms with Gasteiger partial charge in [0.1, 0.15) is 0 Å². The van der Waals surface area contributed by atoms with Gasteiger partial charge in [-0.2, -0.15) is 0 Å². The molecule has 0 N–H and O–H groups in total. The summed E-state index contributed by atoms with van der Waals surface area (Å²) in [6.45, 7) is 0. The molecular formula is H2MnOSrYb. The molecular weight excluding hydrogens is 332 g/mol. The van der Waals surface area contributed by atoms with Crippen molar-refractivity contribution in [2.75, 3.05) is 0 Å². The van der Waals surface area contributed by atoms with Crippen LogP contribution in [-0.2, 0) is 19.8 Å². The standard InChI is InChI=1S/Mn.O.Sr.Yb.2H. The number of hydrogen-bond donors (Lipinski definition) is 0. The van der Waals surface area contributed by atoms with Crippen molar-refractivity contribution in [2.24, 2.45) is 0 Å². The fourth-order valence-electron chi connectivity index (χ4n) is 0. The van der Waals surface area contributed by atoms with E-state index in [4.69, 9.17) is 3.83 Å². The summed E-state index contributed by atoms with van der Waals surface area (Å²) in [4.78, 5) is 0. The van der Waals surface area contributed by atoms with E-state index in [1.165, 1.54) is 0 Å². The van der Waals surface area contributed by atoms with Crippen LogP contribution in [0.5, 0.6) is 0 Å². The summed E-state index contributed by atoms with van der Waals surface area (Å²) in [5.74, 6) is 0. The topological polar surface area (TPSA) is 17.1 Å². The van der Waals surface area contributed by atoms with Crippen molar-refractivity contribution in [3.63, 3.8) is 0 Å². The largest absolute Gasteiger partial charge is 0 e. The van der Waals surface area contributed by atoms with E-state index >= 15 is 0 Å². The first kappa shape index (κ1) is 15.7. The van der Waals surface area contributed by atoms with Gasteiger partial charge in [-0.05, 0) is 0 Å². The summed E-state index contributed by atoms with van der Waals surface area (Å²) in [6.07, 6.45) is 0. The molecule has 0 spiro atoms. The van der Waals surface area contributed by atoms with Crippen LogP contribution in [0, 0.1) is 46.9 Å². The van der Waals surface area contributed by atoms with Gasteiger partial charge in [0, 0.05) is 46.9 Å². The summed E-state index contributed by atoms with van der Waals surface area (Å²) in [5.41, 5.74) is 0. The summed E-state index contributed by atoms with van der Waals surface area (Å²) in [7, 11) is 0. The van der Waals surface area contributed by atoms with E-state index in [9.17, 15) is 0 Å². The zero-order valence-corrected chi connectivity index (χ0v) is 3.95. The maximum absolute atomic E-state index is 8.06. The maximum Gasteiger partial charge on any atom is 0 e. The Balaban J connectivity index is -0.00000000500. The fraction of sp³-hybridized carbons (Fsp3) is 0. The van der Waals surface area contributed by atoms with Gasteiger partial charge in [-0.3, -0.25) is 0 Å². The quantitative estimate of drug-likeness (QED) is 0.518. The minimum Gasteiger partial charge on any atom is 0 e. The average molecular weight is 334 g/mol. The number of hydrogen-bond acceptors (Lipinski definition) is 1. The molecule has 31 valence electrons. The van der Waals surface area contributed by atoms with Crippen LogP contribution in [0.1, 0.15) is 0 Å². The third-order valence-electron chi connectivity index (χ3n) is 0. The zero-order chi connectivity index (χ0) is 2.00. The van der Waals surface area contributed by atoms with Crippen LogP contribution in [0.25, 0.3) is 0 Å². The van der Waals surface area contributed by atoms with Crippen LogP contribution in [0.15, 0.2) is 0 Å². The Kier molecular flexibility index (Phi) is 63.6. The van der Waals surface area contributed by atoms with E-state index in [0.717, 1.165) is 0 Å². The van der Waals surface area contributed by atoms with E-state index in [0.29, 0.717) is 0 Å². The Morgan fingerprint density at radius 2 is 1.25 bits per heavy atom. The Hall–Kier alpha value is 3.32. The Morgan fingerprint density at radius 1 is 1.25 bits per heavy atom. The van der Waals surface area contributed by atoms with Crippen molar-refractivity contribution < 1.29 is 66.7 Å². The molecule has 0 amide bonds. The van der Waals surface area contributed by atoms with Gasteiger partial charge in [0.25, 0.3) is 0 Å². The second-order valence-electron chi connectivity index (χ2n) is 0. The Labute approximate surface area is 109 Å². The van der Waals surface area contributed by atoms with Crippen molar-refractivity contribution in [3.8, 4) is 0 Å². The van der Waals surface area contributed by atoms with Crippen molar-refractivity contribution in [1.29, 1.82) is 0 Å². The van der Waals surface area contributed by atoms with Gasteiger partial charge in [0.2, 0.25) is 0 Å². The molecule has 4 heteroatoms. The summed E-state index contributed by atoms with van der Waals surface area (Å²) >= 11 is 1.69. The van der Waals surface area contributed by atoms with Gasteiger partial charge in [0.15, 0.2) is 0 Å². The molecule has 0 unspecified atom stereocenters. The van der Waals surface area contributed by atoms with Crippen LogP contribution >= 0.6 is 0 Å². The van der Waals surface area contributed by atoms with Crippen LogP contribution in [-0.4, -0.2) is 45.5 Å². The molecule has 0 aromatic rings. The van der Waals surface area contributed by atoms with Gasteiger partial charge in [-0.1, -0.05) is 0 Å². The van der Waals surface area contributed by atoms with Gasteiger partial charge < -0.3 is 0 Å². The van der Waals surface area contributed by atoms with E-state index in [-0.39, 0.29) is 92.4 Å². The fourth-order valence-corrected chi connectivity index (χ4v) is 0. The molecule has 0 saturated heterocycles. The van der Waals surface area contributed by atoms with Gasteiger partial charge in [0.05, 0.1) is 0 Å². The molecule has 0 radical (unpaired) electrons. The smallest absolute Gasteiger partial charge is 0 e. The molecule has 0 heterocycles. The molecule has 0 fully saturated rings. The molecule has 0 saturated carbocycles. The van der Waals surface area contributed by atoms with E-state index in [1.807, 2.05) is 0 Å². The molecule has 0 bridgehead atoms. The first-order valence-corrected chi connectivity index (χ1v) is 0.636. The molecule has 0 rings (SSSR count). The molecule has 0 aliphatic carbocycles. The third kappa shape index (κ3) is 9.01. The van der Waals surface area contributed by atoms with Crippen molar-refractivity contribution in [2.45, 2.75) is 0 Å². The molecule has 0 aromatic heterocycles. The first-order chi connectivity index (χ1) is 1.00. The van der Waals surface area contributed by atoms with E-state index in [2.05, 4.69) is 0 Å². The SMILES string of the molecule is [O]=[Mn].[SrH2].[Yb]. The van der Waals surface area contributed by atoms with Crippen molar-refractivity contribution in [3.05, 3.63) is 0 Å². The van der Waals surface area contributed by atoms with Gasteiger partial charge >= 0.3 is 65.3 Å².